The first-order valence-electron chi connectivity index (χ1n) is 8.86. The largest absolute Gasteiger partial charge is 0.420 e. The zero-order valence-corrected chi connectivity index (χ0v) is 16.8. The Balaban J connectivity index is 2.05. The molecule has 2 aromatic heterocycles. The highest BCUT2D eigenvalue weighted by Crippen LogP contribution is 2.36. The van der Waals surface area contributed by atoms with E-state index >= 15 is 0 Å². The molecule has 0 radical (unpaired) electrons. The summed E-state index contributed by atoms with van der Waals surface area (Å²) in [6.07, 6.45) is 0. The molecule has 144 valence electrons. The Hall–Kier alpha value is -3.09. The van der Waals surface area contributed by atoms with E-state index in [1.165, 1.54) is 3.97 Å². The van der Waals surface area contributed by atoms with Crippen LogP contribution >= 0.6 is 11.6 Å². The molecule has 5 nitrogen and oxygen atoms in total. The lowest BCUT2D eigenvalue weighted by Crippen LogP contribution is -2.13. The van der Waals surface area contributed by atoms with E-state index in [1.807, 2.05) is 6.92 Å². The first-order chi connectivity index (χ1) is 13.9. The summed E-state index contributed by atoms with van der Waals surface area (Å²) >= 11 is 6.16. The van der Waals surface area contributed by atoms with Crippen molar-refractivity contribution in [2.24, 2.45) is 0 Å². The molecule has 5 rings (SSSR count). The Labute approximate surface area is 170 Å². The summed E-state index contributed by atoms with van der Waals surface area (Å²) in [4.78, 5) is 12.7. The first-order valence-corrected chi connectivity index (χ1v) is 10.7. The Morgan fingerprint density at radius 1 is 0.897 bits per heavy atom. The van der Waals surface area contributed by atoms with Gasteiger partial charge in [-0.3, -0.25) is 0 Å². The molecule has 0 bridgehead atoms. The highest BCUT2D eigenvalue weighted by Gasteiger charge is 2.26. The molecule has 0 aliphatic carbocycles. The first kappa shape index (κ1) is 18.0. The zero-order chi connectivity index (χ0) is 20.3. The maximum Gasteiger partial charge on any atom is 0.344 e. The second kappa shape index (κ2) is 6.20. The maximum absolute atomic E-state index is 13.7. The predicted molar refractivity (Wildman–Crippen MR) is 114 cm³/mol. The molecular weight excluding hydrogens is 410 g/mol. The van der Waals surface area contributed by atoms with Crippen LogP contribution in [0.1, 0.15) is 5.56 Å². The van der Waals surface area contributed by atoms with E-state index in [1.54, 1.807) is 66.7 Å². The molecule has 0 aliphatic rings. The molecule has 7 heteroatoms. The van der Waals surface area contributed by atoms with Crippen molar-refractivity contribution >= 4 is 54.4 Å². The van der Waals surface area contributed by atoms with E-state index in [-0.39, 0.29) is 10.5 Å². The van der Waals surface area contributed by atoms with Crippen molar-refractivity contribution in [2.45, 2.75) is 11.8 Å². The smallest absolute Gasteiger partial charge is 0.344 e. The van der Waals surface area contributed by atoms with Crippen LogP contribution in [0.4, 0.5) is 0 Å². The van der Waals surface area contributed by atoms with Crippen LogP contribution in [-0.2, 0) is 10.0 Å². The third kappa shape index (κ3) is 2.60. The van der Waals surface area contributed by atoms with E-state index in [2.05, 4.69) is 0 Å². The van der Waals surface area contributed by atoms with Gasteiger partial charge in [-0.1, -0.05) is 47.5 Å². The lowest BCUT2D eigenvalue weighted by atomic mass is 10.1. The normalized spacial score (nSPS) is 12.2. The van der Waals surface area contributed by atoms with Crippen LogP contribution in [0.5, 0.6) is 0 Å². The van der Waals surface area contributed by atoms with Crippen LogP contribution in [0.15, 0.2) is 80.8 Å². The van der Waals surface area contributed by atoms with Gasteiger partial charge in [0, 0.05) is 15.8 Å². The van der Waals surface area contributed by atoms with Crippen molar-refractivity contribution in [2.75, 3.05) is 0 Å². The average molecular weight is 424 g/mol. The zero-order valence-electron chi connectivity index (χ0n) is 15.2. The van der Waals surface area contributed by atoms with E-state index in [9.17, 15) is 13.2 Å². The van der Waals surface area contributed by atoms with Crippen LogP contribution in [0.25, 0.3) is 32.8 Å². The fourth-order valence-electron chi connectivity index (χ4n) is 3.62. The summed E-state index contributed by atoms with van der Waals surface area (Å²) in [5.74, 6) is 0. The van der Waals surface area contributed by atoms with E-state index < -0.39 is 15.6 Å². The number of halogens is 1. The van der Waals surface area contributed by atoms with Crippen molar-refractivity contribution in [1.82, 2.24) is 3.97 Å². The molecule has 0 N–H and O–H groups in total. The maximum atomic E-state index is 13.7. The highest BCUT2D eigenvalue weighted by atomic mass is 35.5. The summed E-state index contributed by atoms with van der Waals surface area (Å²) in [5.41, 5.74) is 1.33. The molecule has 2 heterocycles. The Bertz CT molecular complexity index is 1600. The van der Waals surface area contributed by atoms with Crippen molar-refractivity contribution in [3.05, 3.63) is 87.7 Å². The Morgan fingerprint density at radius 3 is 2.31 bits per heavy atom. The average Bonchev–Trinajstić information content (AvgIpc) is 3.03. The number of rotatable bonds is 2. The van der Waals surface area contributed by atoms with Crippen LogP contribution in [0.3, 0.4) is 0 Å². The molecule has 0 saturated heterocycles. The number of aryl methyl sites for hydroxylation is 1. The molecule has 0 saturated carbocycles. The summed E-state index contributed by atoms with van der Waals surface area (Å²) in [7, 11) is -3.97. The quantitative estimate of drug-likeness (QED) is 0.396. The standard InChI is InChI=1S/C22H14ClNO4S/c1-13-6-9-15(10-7-13)29(26,27)24-19-11-8-14(23)12-18(19)21-20(24)16-4-2-3-5-17(16)22(25)28-21/h2-12H,1H3. The van der Waals surface area contributed by atoms with Crippen LogP contribution in [0, 0.1) is 6.92 Å². The van der Waals surface area contributed by atoms with Gasteiger partial charge in [0.2, 0.25) is 0 Å². The minimum Gasteiger partial charge on any atom is -0.420 e. The fourth-order valence-corrected chi connectivity index (χ4v) is 5.33. The van der Waals surface area contributed by atoms with Gasteiger partial charge in [-0.25, -0.2) is 17.2 Å². The molecule has 0 aliphatic heterocycles. The SMILES string of the molecule is Cc1ccc(S(=O)(=O)n2c3ccc(Cl)cc3c3oc(=O)c4ccccc4c32)cc1. The monoisotopic (exact) mass is 423 g/mol. The molecule has 0 amide bonds. The van der Waals surface area contributed by atoms with Gasteiger partial charge >= 0.3 is 5.63 Å². The fraction of sp³-hybridized carbons (Fsp3) is 0.0455. The Morgan fingerprint density at radius 2 is 1.59 bits per heavy atom. The van der Waals surface area contributed by atoms with Gasteiger partial charge in [0.25, 0.3) is 10.0 Å². The highest BCUT2D eigenvalue weighted by molar-refractivity contribution is 7.90. The molecule has 3 aromatic carbocycles. The summed E-state index contributed by atoms with van der Waals surface area (Å²) in [5, 5.41) is 1.70. The minimum absolute atomic E-state index is 0.145. The summed E-state index contributed by atoms with van der Waals surface area (Å²) in [6.45, 7) is 1.89. The minimum atomic E-state index is -3.97. The topological polar surface area (TPSA) is 69.3 Å². The predicted octanol–water partition coefficient (Wildman–Crippen LogP) is 5.10. The van der Waals surface area contributed by atoms with Crippen molar-refractivity contribution in [1.29, 1.82) is 0 Å². The lowest BCUT2D eigenvalue weighted by molar-refractivity contribution is 0.571. The Kier molecular flexibility index (Phi) is 3.84. The number of nitrogens with zero attached hydrogens (tertiary/aromatic N) is 1. The van der Waals surface area contributed by atoms with Gasteiger partial charge in [-0.15, -0.1) is 0 Å². The number of aromatic nitrogens is 1. The van der Waals surface area contributed by atoms with Crippen molar-refractivity contribution in [3.8, 4) is 0 Å². The third-order valence-electron chi connectivity index (χ3n) is 5.00. The second-order valence-corrected chi connectivity index (χ2v) is 9.08. The summed E-state index contributed by atoms with van der Waals surface area (Å²) < 4.78 is 34.1. The molecule has 29 heavy (non-hydrogen) atoms. The van der Waals surface area contributed by atoms with E-state index in [0.717, 1.165) is 5.56 Å². The van der Waals surface area contributed by atoms with Crippen LogP contribution in [0.2, 0.25) is 5.02 Å². The summed E-state index contributed by atoms with van der Waals surface area (Å²) in [6, 6.07) is 18.3. The van der Waals surface area contributed by atoms with Crippen LogP contribution < -0.4 is 5.63 Å². The lowest BCUT2D eigenvalue weighted by Gasteiger charge is -2.10. The molecular formula is C22H14ClNO4S. The van der Waals surface area contributed by atoms with Gasteiger partial charge in [-0.05, 0) is 43.3 Å². The molecule has 0 unspecified atom stereocenters. The number of fused-ring (bicyclic) bond motifs is 5. The molecule has 5 aromatic rings. The second-order valence-electron chi connectivity index (χ2n) is 6.86. The van der Waals surface area contributed by atoms with Gasteiger partial charge in [-0.2, -0.15) is 0 Å². The molecule has 0 atom stereocenters. The van der Waals surface area contributed by atoms with Crippen LogP contribution in [-0.4, -0.2) is 12.4 Å². The van der Waals surface area contributed by atoms with Crippen molar-refractivity contribution < 1.29 is 12.8 Å². The molecule has 0 spiro atoms. The number of benzene rings is 3. The van der Waals surface area contributed by atoms with Gasteiger partial charge in [0.05, 0.1) is 15.8 Å². The number of hydrogen-bond donors (Lipinski definition) is 0. The van der Waals surface area contributed by atoms with Gasteiger partial charge in [0.1, 0.15) is 5.52 Å². The molecule has 0 fully saturated rings. The van der Waals surface area contributed by atoms with Gasteiger partial charge in [0.15, 0.2) is 5.58 Å². The van der Waals surface area contributed by atoms with E-state index in [0.29, 0.717) is 32.2 Å². The van der Waals surface area contributed by atoms with Gasteiger partial charge < -0.3 is 4.42 Å². The third-order valence-corrected chi connectivity index (χ3v) is 6.96. The number of hydrogen-bond acceptors (Lipinski definition) is 4. The van der Waals surface area contributed by atoms with E-state index in [4.69, 9.17) is 16.0 Å². The van der Waals surface area contributed by atoms with Crippen molar-refractivity contribution in [3.63, 3.8) is 0 Å².